The van der Waals surface area contributed by atoms with Crippen molar-refractivity contribution in [3.63, 3.8) is 0 Å². The molecule has 1 aromatic rings. The van der Waals surface area contributed by atoms with Crippen LogP contribution in [0.4, 0.5) is 0 Å². The van der Waals surface area contributed by atoms with Crippen molar-refractivity contribution < 1.29 is 9.90 Å². The second-order valence-corrected chi connectivity index (χ2v) is 6.89. The summed E-state index contributed by atoms with van der Waals surface area (Å²) in [5, 5.41) is 9.01. The van der Waals surface area contributed by atoms with Gasteiger partial charge in [-0.15, -0.1) is 11.3 Å². The predicted molar refractivity (Wildman–Crippen MR) is 69.0 cm³/mol. The van der Waals surface area contributed by atoms with Crippen molar-refractivity contribution >= 4 is 33.2 Å². The van der Waals surface area contributed by atoms with Gasteiger partial charge in [-0.2, -0.15) is 0 Å². The Morgan fingerprint density at radius 3 is 2.69 bits per heavy atom. The zero-order valence-electron chi connectivity index (χ0n) is 8.99. The molecule has 2 rings (SSSR count). The number of rotatable bonds is 4. The lowest BCUT2D eigenvalue weighted by molar-refractivity contribution is -0.137. The molecule has 0 aromatic carbocycles. The van der Waals surface area contributed by atoms with Crippen LogP contribution < -0.4 is 0 Å². The molecule has 0 amide bonds. The molecule has 2 nitrogen and oxygen atoms in total. The summed E-state index contributed by atoms with van der Waals surface area (Å²) < 4.78 is 1.09. The largest absolute Gasteiger partial charge is 0.481 e. The van der Waals surface area contributed by atoms with E-state index in [0.717, 1.165) is 3.79 Å². The van der Waals surface area contributed by atoms with Gasteiger partial charge >= 0.3 is 5.97 Å². The van der Waals surface area contributed by atoms with E-state index in [1.54, 1.807) is 11.3 Å². The van der Waals surface area contributed by atoms with Crippen molar-refractivity contribution in [2.75, 3.05) is 0 Å². The first kappa shape index (κ1) is 12.1. The summed E-state index contributed by atoms with van der Waals surface area (Å²) in [6.07, 6.45) is 5.17. The highest BCUT2D eigenvalue weighted by molar-refractivity contribution is 9.11. The minimum atomic E-state index is -0.679. The predicted octanol–water partition coefficient (Wildman–Crippen LogP) is 4.26. The number of carbonyl (C=O) groups is 1. The van der Waals surface area contributed by atoms with Gasteiger partial charge in [-0.3, -0.25) is 4.79 Å². The Balaban J connectivity index is 2.16. The average Bonchev–Trinajstić information content (AvgIpc) is 2.84. The SMILES string of the molecule is O=C(O)CC(c1ccc(Br)s1)C1CCCC1. The lowest BCUT2D eigenvalue weighted by Gasteiger charge is -2.20. The third kappa shape index (κ3) is 2.86. The molecule has 16 heavy (non-hydrogen) atoms. The van der Waals surface area contributed by atoms with E-state index in [0.29, 0.717) is 5.92 Å². The monoisotopic (exact) mass is 302 g/mol. The maximum Gasteiger partial charge on any atom is 0.304 e. The van der Waals surface area contributed by atoms with Gasteiger partial charge in [-0.05, 0) is 46.8 Å². The summed E-state index contributed by atoms with van der Waals surface area (Å²) in [4.78, 5) is 12.2. The zero-order valence-corrected chi connectivity index (χ0v) is 11.4. The molecule has 1 aliphatic rings. The van der Waals surface area contributed by atoms with Gasteiger partial charge in [0.1, 0.15) is 0 Å². The first-order valence-corrected chi connectivity index (χ1v) is 7.25. The first-order valence-electron chi connectivity index (χ1n) is 5.64. The Kier molecular flexibility index (Phi) is 4.03. The van der Waals surface area contributed by atoms with Crippen LogP contribution in [0.2, 0.25) is 0 Å². The molecular weight excluding hydrogens is 288 g/mol. The van der Waals surface area contributed by atoms with E-state index in [1.807, 2.05) is 6.07 Å². The standard InChI is InChI=1S/C12H15BrO2S/c13-11-6-5-10(16-11)9(7-12(14)15)8-3-1-2-4-8/h5-6,8-9H,1-4,7H2,(H,14,15). The summed E-state index contributed by atoms with van der Waals surface area (Å²) in [6.45, 7) is 0. The summed E-state index contributed by atoms with van der Waals surface area (Å²) >= 11 is 5.12. The number of carboxylic acid groups (broad SMARTS) is 1. The molecule has 1 fully saturated rings. The van der Waals surface area contributed by atoms with E-state index in [9.17, 15) is 4.79 Å². The van der Waals surface area contributed by atoms with Crippen LogP contribution >= 0.6 is 27.3 Å². The summed E-state index contributed by atoms with van der Waals surface area (Å²) in [5.41, 5.74) is 0. The normalized spacial score (nSPS) is 18.8. The molecule has 88 valence electrons. The van der Waals surface area contributed by atoms with Crippen molar-refractivity contribution in [1.82, 2.24) is 0 Å². The van der Waals surface area contributed by atoms with Gasteiger partial charge in [-0.25, -0.2) is 0 Å². The van der Waals surface area contributed by atoms with E-state index in [2.05, 4.69) is 22.0 Å². The third-order valence-corrected chi connectivity index (χ3v) is 5.08. The molecule has 0 bridgehead atoms. The van der Waals surface area contributed by atoms with Crippen LogP contribution in [0.1, 0.15) is 42.9 Å². The maximum atomic E-state index is 10.9. The number of thiophene rings is 1. The van der Waals surface area contributed by atoms with Crippen molar-refractivity contribution in [2.45, 2.75) is 38.0 Å². The topological polar surface area (TPSA) is 37.3 Å². The van der Waals surface area contributed by atoms with Crippen LogP contribution in [-0.4, -0.2) is 11.1 Å². The molecule has 1 unspecified atom stereocenters. The second-order valence-electron chi connectivity index (χ2n) is 4.39. The summed E-state index contributed by atoms with van der Waals surface area (Å²) in [6, 6.07) is 4.09. The van der Waals surface area contributed by atoms with Crippen molar-refractivity contribution in [3.05, 3.63) is 20.8 Å². The molecule has 4 heteroatoms. The fraction of sp³-hybridized carbons (Fsp3) is 0.583. The van der Waals surface area contributed by atoms with Crippen LogP contribution in [-0.2, 0) is 4.79 Å². The van der Waals surface area contributed by atoms with E-state index in [4.69, 9.17) is 5.11 Å². The Labute approximate surface area is 108 Å². The van der Waals surface area contributed by atoms with Gasteiger partial charge in [0.15, 0.2) is 0 Å². The van der Waals surface area contributed by atoms with E-state index >= 15 is 0 Å². The Bertz CT molecular complexity index is 369. The van der Waals surface area contributed by atoms with Crippen LogP contribution in [0.25, 0.3) is 0 Å². The third-order valence-electron chi connectivity index (χ3n) is 3.32. The molecule has 1 aliphatic carbocycles. The molecule has 1 N–H and O–H groups in total. The van der Waals surface area contributed by atoms with Gasteiger partial charge in [0.05, 0.1) is 10.2 Å². The Morgan fingerprint density at radius 2 is 2.19 bits per heavy atom. The van der Waals surface area contributed by atoms with Gasteiger partial charge in [0, 0.05) is 10.8 Å². The number of hydrogen-bond donors (Lipinski definition) is 1. The molecule has 1 heterocycles. The number of carboxylic acids is 1. The molecule has 0 saturated heterocycles. The summed E-state index contributed by atoms with van der Waals surface area (Å²) in [5.74, 6) is 0.111. The smallest absolute Gasteiger partial charge is 0.304 e. The van der Waals surface area contributed by atoms with Crippen LogP contribution in [0.15, 0.2) is 15.9 Å². The summed E-state index contributed by atoms with van der Waals surface area (Å²) in [7, 11) is 0. The number of aliphatic carboxylic acids is 1. The molecule has 0 spiro atoms. The van der Waals surface area contributed by atoms with Gasteiger partial charge in [-0.1, -0.05) is 12.8 Å². The van der Waals surface area contributed by atoms with Crippen LogP contribution in [0.3, 0.4) is 0 Å². The fourth-order valence-electron chi connectivity index (χ4n) is 2.58. The highest BCUT2D eigenvalue weighted by Gasteiger charge is 2.29. The van der Waals surface area contributed by atoms with Crippen LogP contribution in [0, 0.1) is 5.92 Å². The highest BCUT2D eigenvalue weighted by Crippen LogP contribution is 2.42. The van der Waals surface area contributed by atoms with E-state index < -0.39 is 5.97 Å². The Hall–Kier alpha value is -0.350. The molecular formula is C12H15BrO2S. The molecule has 1 atom stereocenters. The zero-order chi connectivity index (χ0) is 11.5. The van der Waals surface area contributed by atoms with E-state index in [1.165, 1.54) is 30.6 Å². The Morgan fingerprint density at radius 1 is 1.50 bits per heavy atom. The van der Waals surface area contributed by atoms with Crippen molar-refractivity contribution in [1.29, 1.82) is 0 Å². The van der Waals surface area contributed by atoms with Crippen molar-refractivity contribution in [3.8, 4) is 0 Å². The van der Waals surface area contributed by atoms with Crippen LogP contribution in [0.5, 0.6) is 0 Å². The number of hydrogen-bond acceptors (Lipinski definition) is 2. The lowest BCUT2D eigenvalue weighted by Crippen LogP contribution is -2.13. The van der Waals surface area contributed by atoms with E-state index in [-0.39, 0.29) is 12.3 Å². The lowest BCUT2D eigenvalue weighted by atomic mass is 9.87. The fourth-order valence-corrected chi connectivity index (χ4v) is 4.19. The van der Waals surface area contributed by atoms with Gasteiger partial charge < -0.3 is 5.11 Å². The first-order chi connectivity index (χ1) is 7.66. The number of halogens is 1. The molecule has 0 aliphatic heterocycles. The molecule has 1 aromatic heterocycles. The minimum absolute atomic E-state index is 0.219. The van der Waals surface area contributed by atoms with Gasteiger partial charge in [0.25, 0.3) is 0 Å². The average molecular weight is 303 g/mol. The maximum absolute atomic E-state index is 10.9. The van der Waals surface area contributed by atoms with Crippen molar-refractivity contribution in [2.24, 2.45) is 5.92 Å². The quantitative estimate of drug-likeness (QED) is 0.902. The van der Waals surface area contributed by atoms with Gasteiger partial charge in [0.2, 0.25) is 0 Å². The second kappa shape index (κ2) is 5.32. The minimum Gasteiger partial charge on any atom is -0.481 e. The molecule has 1 saturated carbocycles. The molecule has 0 radical (unpaired) electrons. The highest BCUT2D eigenvalue weighted by atomic mass is 79.9.